The van der Waals surface area contributed by atoms with Gasteiger partial charge in [-0.2, -0.15) is 0 Å². The smallest absolute Gasteiger partial charge is 0.334 e. The van der Waals surface area contributed by atoms with Crippen LogP contribution in [-0.2, 0) is 9.53 Å². The lowest BCUT2D eigenvalue weighted by molar-refractivity contribution is -0.141. The van der Waals surface area contributed by atoms with Crippen LogP contribution in [0.1, 0.15) is 30.6 Å². The molecule has 1 fully saturated rings. The first-order valence-corrected chi connectivity index (χ1v) is 7.60. The van der Waals surface area contributed by atoms with Gasteiger partial charge in [0.25, 0.3) is 0 Å². The predicted octanol–water partition coefficient (Wildman–Crippen LogP) is 3.31. The number of ether oxygens (including phenoxy) is 1. The molecule has 21 heavy (non-hydrogen) atoms. The molecule has 1 unspecified atom stereocenters. The van der Waals surface area contributed by atoms with Crippen molar-refractivity contribution in [2.45, 2.75) is 24.9 Å². The Morgan fingerprint density at radius 1 is 1.48 bits per heavy atom. The van der Waals surface area contributed by atoms with E-state index in [4.69, 9.17) is 4.74 Å². The molecule has 1 N–H and O–H groups in total. The second-order valence-electron chi connectivity index (χ2n) is 5.04. The fourth-order valence-electron chi connectivity index (χ4n) is 2.30. The van der Waals surface area contributed by atoms with Crippen LogP contribution < -0.4 is 5.32 Å². The molecular formula is C15H16BrN3O2. The Bertz CT molecular complexity index is 652. The fraction of sp³-hybridized carbons (Fsp3) is 0.333. The van der Waals surface area contributed by atoms with Crippen molar-refractivity contribution < 1.29 is 9.53 Å². The Morgan fingerprint density at radius 3 is 2.90 bits per heavy atom. The van der Waals surface area contributed by atoms with Crippen molar-refractivity contribution in [3.63, 3.8) is 0 Å². The highest BCUT2D eigenvalue weighted by Gasteiger charge is 2.31. The number of hydrogen-bond acceptors (Lipinski definition) is 4. The highest BCUT2D eigenvalue weighted by Crippen LogP contribution is 2.38. The molecule has 1 aromatic carbocycles. The van der Waals surface area contributed by atoms with Crippen molar-refractivity contribution in [1.82, 2.24) is 9.55 Å². The summed E-state index contributed by atoms with van der Waals surface area (Å²) >= 11 is 3.48. The number of nitrogens with zero attached hydrogens (tertiary/aromatic N) is 2. The van der Waals surface area contributed by atoms with Crippen molar-refractivity contribution >= 4 is 27.6 Å². The highest BCUT2D eigenvalue weighted by molar-refractivity contribution is 9.10. The number of anilines is 1. The van der Waals surface area contributed by atoms with E-state index in [2.05, 4.69) is 30.8 Å². The summed E-state index contributed by atoms with van der Waals surface area (Å²) in [5, 5.41) is 3.24. The van der Waals surface area contributed by atoms with E-state index >= 15 is 0 Å². The van der Waals surface area contributed by atoms with Gasteiger partial charge in [-0.3, -0.25) is 0 Å². The van der Waals surface area contributed by atoms with Crippen LogP contribution in [-0.4, -0.2) is 22.6 Å². The Hall–Kier alpha value is -1.82. The topological polar surface area (TPSA) is 56.1 Å². The standard InChI is InChI=1S/C15H16BrN3O2/c1-21-15(20)14(18-12-5-3-2-4-11(12)16)13-8-17-9-19(13)10-6-7-10/h2-5,8-10,14,18H,6-7H2,1H3. The zero-order valence-electron chi connectivity index (χ0n) is 11.6. The molecule has 0 aliphatic heterocycles. The third-order valence-electron chi connectivity index (χ3n) is 3.54. The van der Waals surface area contributed by atoms with Crippen molar-refractivity contribution in [2.24, 2.45) is 0 Å². The Kier molecular flexibility index (Phi) is 3.96. The molecule has 1 atom stereocenters. The molecule has 6 heteroatoms. The van der Waals surface area contributed by atoms with Gasteiger partial charge in [0, 0.05) is 16.2 Å². The quantitative estimate of drug-likeness (QED) is 0.841. The summed E-state index contributed by atoms with van der Waals surface area (Å²) in [6.07, 6.45) is 5.77. The number of halogens is 1. The van der Waals surface area contributed by atoms with Crippen molar-refractivity contribution in [3.8, 4) is 0 Å². The maximum absolute atomic E-state index is 12.2. The van der Waals surface area contributed by atoms with Gasteiger partial charge in [-0.15, -0.1) is 0 Å². The van der Waals surface area contributed by atoms with E-state index in [0.29, 0.717) is 6.04 Å². The molecule has 0 spiro atoms. The van der Waals surface area contributed by atoms with Gasteiger partial charge in [0.15, 0.2) is 6.04 Å². The molecular weight excluding hydrogens is 334 g/mol. The van der Waals surface area contributed by atoms with Crippen LogP contribution in [0.4, 0.5) is 5.69 Å². The van der Waals surface area contributed by atoms with Gasteiger partial charge in [-0.1, -0.05) is 12.1 Å². The zero-order valence-corrected chi connectivity index (χ0v) is 13.2. The largest absolute Gasteiger partial charge is 0.467 e. The third kappa shape index (κ3) is 2.95. The SMILES string of the molecule is COC(=O)C(Nc1ccccc1Br)c1cncn1C1CC1. The summed E-state index contributed by atoms with van der Waals surface area (Å²) in [6, 6.07) is 7.57. The number of rotatable bonds is 5. The van der Waals surface area contributed by atoms with Crippen LogP contribution in [0.15, 0.2) is 41.3 Å². The van der Waals surface area contributed by atoms with Crippen LogP contribution in [0.3, 0.4) is 0 Å². The number of benzene rings is 1. The fourth-order valence-corrected chi connectivity index (χ4v) is 2.70. The average Bonchev–Trinajstić information content (AvgIpc) is 3.23. The molecule has 1 aliphatic rings. The van der Waals surface area contributed by atoms with Crippen molar-refractivity contribution in [3.05, 3.63) is 47.0 Å². The maximum Gasteiger partial charge on any atom is 0.334 e. The minimum atomic E-state index is -0.572. The van der Waals surface area contributed by atoms with Gasteiger partial charge in [0.2, 0.25) is 0 Å². The van der Waals surface area contributed by atoms with E-state index in [-0.39, 0.29) is 5.97 Å². The number of imidazole rings is 1. The third-order valence-corrected chi connectivity index (χ3v) is 4.23. The summed E-state index contributed by atoms with van der Waals surface area (Å²) < 4.78 is 7.91. The molecule has 0 amide bonds. The first-order chi connectivity index (χ1) is 10.2. The lowest BCUT2D eigenvalue weighted by atomic mass is 10.2. The molecule has 1 saturated carbocycles. The minimum Gasteiger partial charge on any atom is -0.467 e. The van der Waals surface area contributed by atoms with Crippen LogP contribution in [0, 0.1) is 0 Å². The van der Waals surface area contributed by atoms with Crippen LogP contribution in [0.5, 0.6) is 0 Å². The van der Waals surface area contributed by atoms with E-state index in [1.54, 1.807) is 12.5 Å². The molecule has 2 aromatic rings. The van der Waals surface area contributed by atoms with E-state index in [1.807, 2.05) is 24.3 Å². The van der Waals surface area contributed by atoms with Crippen LogP contribution in [0.25, 0.3) is 0 Å². The Balaban J connectivity index is 1.93. The number of nitrogens with one attached hydrogen (secondary N) is 1. The zero-order chi connectivity index (χ0) is 14.8. The Morgan fingerprint density at radius 2 is 2.24 bits per heavy atom. The second-order valence-corrected chi connectivity index (χ2v) is 5.89. The maximum atomic E-state index is 12.2. The number of carbonyl (C=O) groups is 1. The van der Waals surface area contributed by atoms with Crippen LogP contribution >= 0.6 is 15.9 Å². The van der Waals surface area contributed by atoms with E-state index in [1.165, 1.54) is 7.11 Å². The molecule has 1 heterocycles. The minimum absolute atomic E-state index is 0.326. The van der Waals surface area contributed by atoms with Gasteiger partial charge in [0.05, 0.1) is 25.3 Å². The molecule has 5 nitrogen and oxygen atoms in total. The summed E-state index contributed by atoms with van der Waals surface area (Å²) in [7, 11) is 1.40. The van der Waals surface area contributed by atoms with E-state index in [0.717, 1.165) is 28.7 Å². The number of esters is 1. The number of carbonyl (C=O) groups excluding carboxylic acids is 1. The molecule has 1 aliphatic carbocycles. The molecule has 1 aromatic heterocycles. The van der Waals surface area contributed by atoms with Crippen molar-refractivity contribution in [2.75, 3.05) is 12.4 Å². The molecule has 0 radical (unpaired) electrons. The normalized spacial score (nSPS) is 15.5. The van der Waals surface area contributed by atoms with Gasteiger partial charge >= 0.3 is 5.97 Å². The summed E-state index contributed by atoms with van der Waals surface area (Å²) in [5.74, 6) is -0.326. The predicted molar refractivity (Wildman–Crippen MR) is 83.0 cm³/mol. The monoisotopic (exact) mass is 349 g/mol. The van der Waals surface area contributed by atoms with E-state index in [9.17, 15) is 4.79 Å². The highest BCUT2D eigenvalue weighted by atomic mass is 79.9. The van der Waals surface area contributed by atoms with Gasteiger partial charge < -0.3 is 14.6 Å². The number of methoxy groups -OCH3 is 1. The summed E-state index contributed by atoms with van der Waals surface area (Å²) in [6.45, 7) is 0. The lowest BCUT2D eigenvalue weighted by Gasteiger charge is -2.20. The molecule has 0 bridgehead atoms. The van der Waals surface area contributed by atoms with Gasteiger partial charge in [0.1, 0.15) is 0 Å². The summed E-state index contributed by atoms with van der Waals surface area (Å²) in [4.78, 5) is 16.4. The Labute approximate surface area is 131 Å². The number of hydrogen-bond donors (Lipinski definition) is 1. The first-order valence-electron chi connectivity index (χ1n) is 6.81. The van der Waals surface area contributed by atoms with Gasteiger partial charge in [-0.05, 0) is 40.9 Å². The molecule has 110 valence electrons. The van der Waals surface area contributed by atoms with E-state index < -0.39 is 6.04 Å². The van der Waals surface area contributed by atoms with Crippen LogP contribution in [0.2, 0.25) is 0 Å². The lowest BCUT2D eigenvalue weighted by Crippen LogP contribution is -2.25. The molecule has 3 rings (SSSR count). The van der Waals surface area contributed by atoms with Gasteiger partial charge in [-0.25, -0.2) is 9.78 Å². The first kappa shape index (κ1) is 14.1. The average molecular weight is 350 g/mol. The molecule has 0 saturated heterocycles. The number of aromatic nitrogens is 2. The summed E-state index contributed by atoms with van der Waals surface area (Å²) in [5.41, 5.74) is 1.68. The van der Waals surface area contributed by atoms with Crippen molar-refractivity contribution in [1.29, 1.82) is 0 Å². The second kappa shape index (κ2) is 5.89. The number of para-hydroxylation sites is 1.